The van der Waals surface area contributed by atoms with Crippen LogP contribution >= 0.6 is 24.2 Å². The van der Waals surface area contributed by atoms with Gasteiger partial charge < -0.3 is 10.2 Å². The van der Waals surface area contributed by atoms with Crippen LogP contribution in [0.3, 0.4) is 0 Å². The molecule has 2 rings (SSSR count). The zero-order valence-electron chi connectivity index (χ0n) is 17.3. The predicted molar refractivity (Wildman–Crippen MR) is 116 cm³/mol. The molecule has 0 aromatic heterocycles. The van der Waals surface area contributed by atoms with E-state index in [1.54, 1.807) is 11.8 Å². The van der Waals surface area contributed by atoms with Gasteiger partial charge in [-0.05, 0) is 25.2 Å². The number of halogens is 1. The normalized spacial score (nSPS) is 20.0. The van der Waals surface area contributed by atoms with Crippen LogP contribution < -0.4 is 5.32 Å². The maximum Gasteiger partial charge on any atom is 0.312 e. The van der Waals surface area contributed by atoms with Crippen LogP contribution in [0, 0.1) is 11.8 Å². The van der Waals surface area contributed by atoms with Crippen molar-refractivity contribution in [3.8, 4) is 0 Å². The first-order valence-corrected chi connectivity index (χ1v) is 10.8. The van der Waals surface area contributed by atoms with E-state index in [-0.39, 0.29) is 30.2 Å². The molecule has 1 aliphatic heterocycles. The molecule has 0 bridgehead atoms. The van der Waals surface area contributed by atoms with Crippen molar-refractivity contribution in [2.45, 2.75) is 58.4 Å². The van der Waals surface area contributed by atoms with Crippen molar-refractivity contribution in [3.63, 3.8) is 0 Å². The first kappa shape index (κ1) is 24.8. The standard InChI is InChI=1S/C19H32N4O3S.ClH/c1-13(2)12-15(20-17(25)14-8-6-5-7-9-14)16(24)18(26)23(4)21-19-22(3)10-11-27-19;/h13-15H,5-12H2,1-4H3,(H,20,25);1H. The maximum atomic E-state index is 12.8. The second-order valence-electron chi connectivity index (χ2n) is 7.87. The van der Waals surface area contributed by atoms with Gasteiger partial charge in [0.2, 0.25) is 11.7 Å². The zero-order chi connectivity index (χ0) is 20.0. The Hall–Kier alpha value is -1.28. The Bertz CT molecular complexity index is 594. The lowest BCUT2D eigenvalue weighted by Crippen LogP contribution is -2.49. The summed E-state index contributed by atoms with van der Waals surface area (Å²) in [5.74, 6) is -0.312. The fraction of sp³-hybridized carbons (Fsp3) is 0.789. The predicted octanol–water partition coefficient (Wildman–Crippen LogP) is 2.50. The van der Waals surface area contributed by atoms with Crippen molar-refractivity contribution < 1.29 is 14.4 Å². The summed E-state index contributed by atoms with van der Waals surface area (Å²) < 4.78 is 0. The Kier molecular flexibility index (Phi) is 10.3. The summed E-state index contributed by atoms with van der Waals surface area (Å²) in [4.78, 5) is 39.9. The third-order valence-corrected chi connectivity index (χ3v) is 6.08. The number of amidine groups is 1. The van der Waals surface area contributed by atoms with Crippen molar-refractivity contribution in [1.82, 2.24) is 15.2 Å². The fourth-order valence-electron chi connectivity index (χ4n) is 3.42. The minimum Gasteiger partial charge on any atom is -0.352 e. The molecule has 9 heteroatoms. The van der Waals surface area contributed by atoms with E-state index >= 15 is 0 Å². The lowest BCUT2D eigenvalue weighted by atomic mass is 9.88. The molecular weight excluding hydrogens is 400 g/mol. The molecule has 1 unspecified atom stereocenters. The molecule has 0 spiro atoms. The molecule has 2 fully saturated rings. The Morgan fingerprint density at radius 2 is 1.89 bits per heavy atom. The van der Waals surface area contributed by atoms with Gasteiger partial charge >= 0.3 is 5.91 Å². The molecule has 2 amide bonds. The largest absolute Gasteiger partial charge is 0.352 e. The molecule has 2 aliphatic rings. The molecule has 1 N–H and O–H groups in total. The molecule has 28 heavy (non-hydrogen) atoms. The summed E-state index contributed by atoms with van der Waals surface area (Å²) in [6.07, 6.45) is 5.42. The lowest BCUT2D eigenvalue weighted by Gasteiger charge is -2.25. The zero-order valence-corrected chi connectivity index (χ0v) is 18.9. The van der Waals surface area contributed by atoms with E-state index in [9.17, 15) is 14.4 Å². The number of carbonyl (C=O) groups is 3. The van der Waals surface area contributed by atoms with E-state index in [2.05, 4.69) is 10.4 Å². The molecule has 1 atom stereocenters. The van der Waals surface area contributed by atoms with E-state index < -0.39 is 17.7 Å². The number of rotatable bonds is 7. The van der Waals surface area contributed by atoms with Gasteiger partial charge in [-0.1, -0.05) is 44.9 Å². The first-order chi connectivity index (χ1) is 12.8. The number of amides is 2. The van der Waals surface area contributed by atoms with E-state index in [0.717, 1.165) is 54.6 Å². The third-order valence-electron chi connectivity index (χ3n) is 5.04. The van der Waals surface area contributed by atoms with E-state index in [0.29, 0.717) is 6.42 Å². The summed E-state index contributed by atoms with van der Waals surface area (Å²) in [5, 5.41) is 8.95. The van der Waals surface area contributed by atoms with E-state index in [1.807, 2.05) is 25.8 Å². The molecule has 1 saturated carbocycles. The van der Waals surface area contributed by atoms with Crippen molar-refractivity contribution in [2.75, 3.05) is 26.4 Å². The molecule has 1 aliphatic carbocycles. The Morgan fingerprint density at radius 1 is 1.25 bits per heavy atom. The Labute approximate surface area is 178 Å². The van der Waals surface area contributed by atoms with Crippen LogP contribution in [0.2, 0.25) is 0 Å². The molecule has 0 aromatic rings. The SMILES string of the molecule is CC(C)CC(NC(=O)C1CCCCC1)C(=O)C(=O)N(C)N=C1SCCN1C.Cl. The number of hydrazone groups is 1. The van der Waals surface area contributed by atoms with Crippen LogP contribution in [0.5, 0.6) is 0 Å². The molecule has 0 radical (unpaired) electrons. The lowest BCUT2D eigenvalue weighted by molar-refractivity contribution is -0.146. The summed E-state index contributed by atoms with van der Waals surface area (Å²) in [7, 11) is 3.40. The number of hydrogen-bond donors (Lipinski definition) is 1. The molecule has 160 valence electrons. The van der Waals surface area contributed by atoms with Crippen LogP contribution in [0.1, 0.15) is 52.4 Å². The summed E-state index contributed by atoms with van der Waals surface area (Å²) in [5.41, 5.74) is 0. The number of nitrogens with one attached hydrogen (secondary N) is 1. The van der Waals surface area contributed by atoms with Gasteiger partial charge in [-0.2, -0.15) is 0 Å². The highest BCUT2D eigenvalue weighted by Crippen LogP contribution is 2.24. The highest BCUT2D eigenvalue weighted by atomic mass is 35.5. The van der Waals surface area contributed by atoms with Gasteiger partial charge in [-0.15, -0.1) is 17.5 Å². The summed E-state index contributed by atoms with van der Waals surface area (Å²) in [6, 6.07) is -0.788. The quantitative estimate of drug-likeness (QED) is 0.493. The fourth-order valence-corrected chi connectivity index (χ4v) is 4.46. The highest BCUT2D eigenvalue weighted by molar-refractivity contribution is 8.14. The second-order valence-corrected chi connectivity index (χ2v) is 8.93. The van der Waals surface area contributed by atoms with Crippen LogP contribution in [-0.4, -0.2) is 65.1 Å². The average molecular weight is 433 g/mol. The molecular formula is C19H33ClN4O3S. The van der Waals surface area contributed by atoms with Gasteiger partial charge in [-0.25, -0.2) is 5.01 Å². The number of nitrogens with zero attached hydrogens (tertiary/aromatic N) is 3. The van der Waals surface area contributed by atoms with E-state index in [1.165, 1.54) is 7.05 Å². The summed E-state index contributed by atoms with van der Waals surface area (Å²) >= 11 is 1.56. The van der Waals surface area contributed by atoms with Crippen molar-refractivity contribution in [3.05, 3.63) is 0 Å². The minimum atomic E-state index is -0.788. The Morgan fingerprint density at radius 3 is 2.43 bits per heavy atom. The number of hydrogen-bond acceptors (Lipinski definition) is 5. The van der Waals surface area contributed by atoms with Gasteiger partial charge in [0.25, 0.3) is 0 Å². The molecule has 1 heterocycles. The Balaban J connectivity index is 0.00000392. The minimum absolute atomic E-state index is 0. The molecule has 1 saturated heterocycles. The highest BCUT2D eigenvalue weighted by Gasteiger charge is 2.32. The molecule has 0 aromatic carbocycles. The number of Topliss-reactive ketones (excluding diaryl/α,β-unsaturated/α-hetero) is 1. The van der Waals surface area contributed by atoms with E-state index in [4.69, 9.17) is 0 Å². The number of ketones is 1. The first-order valence-electron chi connectivity index (χ1n) is 9.84. The van der Waals surface area contributed by atoms with Crippen molar-refractivity contribution in [2.24, 2.45) is 16.9 Å². The van der Waals surface area contributed by atoms with Crippen molar-refractivity contribution in [1.29, 1.82) is 0 Å². The molecule has 7 nitrogen and oxygen atoms in total. The van der Waals surface area contributed by atoms with Crippen molar-refractivity contribution >= 4 is 46.9 Å². The van der Waals surface area contributed by atoms with Crippen LogP contribution in [0.4, 0.5) is 0 Å². The topological polar surface area (TPSA) is 82.1 Å². The van der Waals surface area contributed by atoms with Gasteiger partial charge in [0, 0.05) is 32.3 Å². The van der Waals surface area contributed by atoms with Gasteiger partial charge in [0.15, 0.2) is 5.17 Å². The van der Waals surface area contributed by atoms with Gasteiger partial charge in [-0.3, -0.25) is 14.4 Å². The smallest absolute Gasteiger partial charge is 0.312 e. The van der Waals surface area contributed by atoms with Crippen LogP contribution in [-0.2, 0) is 14.4 Å². The third kappa shape index (κ3) is 6.95. The monoisotopic (exact) mass is 432 g/mol. The van der Waals surface area contributed by atoms with Crippen LogP contribution in [0.25, 0.3) is 0 Å². The number of likely N-dealkylation sites (N-methyl/N-ethyl adjacent to an activating group) is 1. The van der Waals surface area contributed by atoms with Gasteiger partial charge in [0.1, 0.15) is 0 Å². The average Bonchev–Trinajstić information content (AvgIpc) is 3.04. The maximum absolute atomic E-state index is 12.8. The van der Waals surface area contributed by atoms with Gasteiger partial charge in [0.05, 0.1) is 6.04 Å². The number of thioether (sulfide) groups is 1. The van der Waals surface area contributed by atoms with Crippen LogP contribution in [0.15, 0.2) is 5.10 Å². The number of carbonyl (C=O) groups excluding carboxylic acids is 3. The summed E-state index contributed by atoms with van der Waals surface area (Å²) in [6.45, 7) is 4.82. The second kappa shape index (κ2) is 11.7.